The average Bonchev–Trinajstić information content (AvgIpc) is 2.99. The van der Waals surface area contributed by atoms with Gasteiger partial charge in [-0.2, -0.15) is 0 Å². The minimum Gasteiger partial charge on any atom is -0.469 e. The van der Waals surface area contributed by atoms with Gasteiger partial charge in [0.2, 0.25) is 0 Å². The van der Waals surface area contributed by atoms with Gasteiger partial charge in [0.1, 0.15) is 5.76 Å². The summed E-state index contributed by atoms with van der Waals surface area (Å²) in [6.45, 7) is 2.19. The first-order chi connectivity index (χ1) is 9.83. The van der Waals surface area contributed by atoms with Gasteiger partial charge < -0.3 is 9.73 Å². The van der Waals surface area contributed by atoms with Gasteiger partial charge in [0.15, 0.2) is 0 Å². The number of nitrogens with zero attached hydrogens (tertiary/aromatic N) is 1. The van der Waals surface area contributed by atoms with Gasteiger partial charge in [0, 0.05) is 29.7 Å². The molecule has 102 valence electrons. The monoisotopic (exact) mass is 266 g/mol. The van der Waals surface area contributed by atoms with Gasteiger partial charge in [-0.05, 0) is 49.7 Å². The molecular weight excluding hydrogens is 248 g/mol. The van der Waals surface area contributed by atoms with Gasteiger partial charge in [-0.15, -0.1) is 0 Å². The molecule has 1 aromatic carbocycles. The van der Waals surface area contributed by atoms with Crippen LogP contribution in [0.3, 0.4) is 0 Å². The highest BCUT2D eigenvalue weighted by Crippen LogP contribution is 2.22. The molecule has 0 saturated heterocycles. The number of hydrogen-bond donors (Lipinski definition) is 1. The second-order valence-electron chi connectivity index (χ2n) is 5.04. The van der Waals surface area contributed by atoms with E-state index in [1.54, 1.807) is 6.26 Å². The van der Waals surface area contributed by atoms with Crippen LogP contribution in [0, 0.1) is 0 Å². The van der Waals surface area contributed by atoms with Crippen molar-refractivity contribution >= 4 is 16.6 Å². The van der Waals surface area contributed by atoms with Crippen LogP contribution in [0.5, 0.6) is 0 Å². The lowest BCUT2D eigenvalue weighted by Gasteiger charge is -2.16. The number of anilines is 1. The van der Waals surface area contributed by atoms with Crippen LogP contribution in [0.2, 0.25) is 0 Å². The fraction of sp³-hybridized carbons (Fsp3) is 0.235. The number of fused-ring (bicyclic) bond motifs is 1. The number of furan rings is 1. The van der Waals surface area contributed by atoms with Gasteiger partial charge in [-0.1, -0.05) is 6.07 Å². The van der Waals surface area contributed by atoms with Crippen molar-refractivity contribution in [1.82, 2.24) is 4.98 Å². The van der Waals surface area contributed by atoms with E-state index in [0.717, 1.165) is 29.8 Å². The molecule has 1 unspecified atom stereocenters. The summed E-state index contributed by atoms with van der Waals surface area (Å²) in [6, 6.07) is 14.6. The van der Waals surface area contributed by atoms with Crippen molar-refractivity contribution in [3.8, 4) is 0 Å². The fourth-order valence-electron chi connectivity index (χ4n) is 2.38. The zero-order chi connectivity index (χ0) is 13.8. The molecule has 0 bridgehead atoms. The molecule has 2 heterocycles. The predicted octanol–water partition coefficient (Wildman–Crippen LogP) is 4.26. The first kappa shape index (κ1) is 12.7. The number of hydrogen-bond acceptors (Lipinski definition) is 3. The zero-order valence-electron chi connectivity index (χ0n) is 11.5. The Morgan fingerprint density at radius 3 is 2.95 bits per heavy atom. The average molecular weight is 266 g/mol. The molecule has 2 aromatic heterocycles. The van der Waals surface area contributed by atoms with Crippen LogP contribution in [0.15, 0.2) is 59.3 Å². The Kier molecular flexibility index (Phi) is 3.68. The van der Waals surface area contributed by atoms with Crippen LogP contribution in [-0.2, 0) is 6.42 Å². The molecule has 20 heavy (non-hydrogen) atoms. The van der Waals surface area contributed by atoms with Crippen molar-refractivity contribution < 1.29 is 4.42 Å². The lowest BCUT2D eigenvalue weighted by molar-refractivity contribution is 0.495. The molecular formula is C17H18N2O. The Hall–Kier alpha value is -2.29. The molecule has 1 atom stereocenters. The summed E-state index contributed by atoms with van der Waals surface area (Å²) in [5, 5.41) is 4.73. The summed E-state index contributed by atoms with van der Waals surface area (Å²) in [7, 11) is 0. The van der Waals surface area contributed by atoms with Crippen LogP contribution in [0.25, 0.3) is 10.9 Å². The Bertz CT molecular complexity index is 671. The molecule has 3 aromatic rings. The minimum atomic E-state index is 0.380. The van der Waals surface area contributed by atoms with E-state index in [1.165, 1.54) is 5.39 Å². The van der Waals surface area contributed by atoms with Crippen LogP contribution in [0.1, 0.15) is 19.1 Å². The maximum absolute atomic E-state index is 5.37. The van der Waals surface area contributed by atoms with Gasteiger partial charge in [-0.25, -0.2) is 0 Å². The molecule has 1 N–H and O–H groups in total. The second-order valence-corrected chi connectivity index (χ2v) is 5.04. The van der Waals surface area contributed by atoms with Crippen LogP contribution >= 0.6 is 0 Å². The van der Waals surface area contributed by atoms with Crippen molar-refractivity contribution in [2.75, 3.05) is 5.32 Å². The SMILES string of the molecule is CC(CCc1ccco1)Nc1cccc2ncccc12. The topological polar surface area (TPSA) is 38.1 Å². The van der Waals surface area contributed by atoms with E-state index >= 15 is 0 Å². The van der Waals surface area contributed by atoms with Gasteiger partial charge in [-0.3, -0.25) is 4.98 Å². The summed E-state index contributed by atoms with van der Waals surface area (Å²) < 4.78 is 5.37. The number of pyridine rings is 1. The number of benzene rings is 1. The first-order valence-corrected chi connectivity index (χ1v) is 6.95. The summed E-state index contributed by atoms with van der Waals surface area (Å²) >= 11 is 0. The molecule has 3 heteroatoms. The maximum Gasteiger partial charge on any atom is 0.103 e. The van der Waals surface area contributed by atoms with Crippen molar-refractivity contribution in [1.29, 1.82) is 0 Å². The normalized spacial score (nSPS) is 12.4. The standard InChI is InChI=1S/C17H18N2O/c1-13(9-10-14-5-4-12-20-14)19-17-8-2-7-16-15(17)6-3-11-18-16/h2-8,11-13,19H,9-10H2,1H3. The van der Waals surface area contributed by atoms with Gasteiger partial charge >= 0.3 is 0 Å². The lowest BCUT2D eigenvalue weighted by Crippen LogP contribution is -2.16. The van der Waals surface area contributed by atoms with Crippen molar-refractivity contribution in [3.05, 3.63) is 60.7 Å². The van der Waals surface area contributed by atoms with Gasteiger partial charge in [0.05, 0.1) is 11.8 Å². The van der Waals surface area contributed by atoms with E-state index in [4.69, 9.17) is 4.42 Å². The van der Waals surface area contributed by atoms with Crippen molar-refractivity contribution in [3.63, 3.8) is 0 Å². The Balaban J connectivity index is 1.69. The predicted molar refractivity (Wildman–Crippen MR) is 81.9 cm³/mol. The quantitative estimate of drug-likeness (QED) is 0.749. The third kappa shape index (κ3) is 2.82. The smallest absolute Gasteiger partial charge is 0.103 e. The molecule has 3 nitrogen and oxygen atoms in total. The molecule has 0 aliphatic rings. The summed E-state index contributed by atoms with van der Waals surface area (Å²) in [6.07, 6.45) is 5.53. The lowest BCUT2D eigenvalue weighted by atomic mass is 10.1. The number of aromatic nitrogens is 1. The zero-order valence-corrected chi connectivity index (χ0v) is 11.5. The summed E-state index contributed by atoms with van der Waals surface area (Å²) in [5.41, 5.74) is 2.17. The van der Waals surface area contributed by atoms with E-state index in [0.29, 0.717) is 6.04 Å². The molecule has 0 radical (unpaired) electrons. The van der Waals surface area contributed by atoms with Crippen molar-refractivity contribution in [2.45, 2.75) is 25.8 Å². The molecule has 0 aliphatic carbocycles. The summed E-state index contributed by atoms with van der Waals surface area (Å²) in [5.74, 6) is 1.04. The van der Waals surface area contributed by atoms with E-state index in [1.807, 2.05) is 36.5 Å². The fourth-order valence-corrected chi connectivity index (χ4v) is 2.38. The number of aryl methyl sites for hydroxylation is 1. The third-order valence-electron chi connectivity index (χ3n) is 3.45. The second kappa shape index (κ2) is 5.78. The van der Waals surface area contributed by atoms with E-state index < -0.39 is 0 Å². The molecule has 0 amide bonds. The highest BCUT2D eigenvalue weighted by Gasteiger charge is 2.06. The third-order valence-corrected chi connectivity index (χ3v) is 3.45. The van der Waals surface area contributed by atoms with Crippen molar-refractivity contribution in [2.24, 2.45) is 0 Å². The van der Waals surface area contributed by atoms with E-state index in [9.17, 15) is 0 Å². The highest BCUT2D eigenvalue weighted by molar-refractivity contribution is 5.91. The highest BCUT2D eigenvalue weighted by atomic mass is 16.3. The Morgan fingerprint density at radius 2 is 2.10 bits per heavy atom. The number of nitrogens with one attached hydrogen (secondary N) is 1. The molecule has 0 saturated carbocycles. The largest absolute Gasteiger partial charge is 0.469 e. The minimum absolute atomic E-state index is 0.380. The Morgan fingerprint density at radius 1 is 1.15 bits per heavy atom. The maximum atomic E-state index is 5.37. The summed E-state index contributed by atoms with van der Waals surface area (Å²) in [4.78, 5) is 4.38. The van der Waals surface area contributed by atoms with E-state index in [2.05, 4.69) is 29.4 Å². The first-order valence-electron chi connectivity index (χ1n) is 6.95. The molecule has 0 spiro atoms. The molecule has 0 aliphatic heterocycles. The van der Waals surface area contributed by atoms with Crippen LogP contribution in [0.4, 0.5) is 5.69 Å². The molecule has 0 fully saturated rings. The van der Waals surface area contributed by atoms with E-state index in [-0.39, 0.29) is 0 Å². The molecule has 3 rings (SSSR count). The Labute approximate surface area is 118 Å². The van der Waals surface area contributed by atoms with Crippen LogP contribution < -0.4 is 5.32 Å². The van der Waals surface area contributed by atoms with Gasteiger partial charge in [0.25, 0.3) is 0 Å². The van der Waals surface area contributed by atoms with Crippen LogP contribution in [-0.4, -0.2) is 11.0 Å². The number of rotatable bonds is 5.